The lowest BCUT2D eigenvalue weighted by molar-refractivity contribution is -0.732. The summed E-state index contributed by atoms with van der Waals surface area (Å²) < 4.78 is 47.8. The summed E-state index contributed by atoms with van der Waals surface area (Å²) in [6, 6.07) is 2.27. The molecule has 0 saturated carbocycles. The molecule has 1 aliphatic carbocycles. The number of phenolic OH excluding ortho intramolecular Hbond substituents is 1. The largest absolute Gasteiger partial charge is 0.508 e. The third-order valence-corrected chi connectivity index (χ3v) is 16.7. The molecule has 72 heavy (non-hydrogen) atoms. The molecular weight excluding hydrogens is 947 g/mol. The first kappa shape index (κ1) is 52.6. The summed E-state index contributed by atoms with van der Waals surface area (Å²) in [5.74, 6) is -2.80. The van der Waals surface area contributed by atoms with Crippen LogP contribution in [0, 0.1) is 22.2 Å². The van der Waals surface area contributed by atoms with Gasteiger partial charge in [-0.15, -0.1) is 5.01 Å². The number of allylic oxidation sites excluding steroid dienone is 1. The molecule has 3 N–H and O–H groups in total. The zero-order valence-corrected chi connectivity index (χ0v) is 43.7. The number of nitrogens with zero attached hydrogens (tertiary/aromatic N) is 7. The van der Waals surface area contributed by atoms with Crippen LogP contribution >= 0.6 is 0 Å². The maximum atomic E-state index is 14.8. The van der Waals surface area contributed by atoms with Gasteiger partial charge in [0.2, 0.25) is 11.9 Å². The number of nitroso groups, excluding NO2 is 1. The maximum Gasteiger partial charge on any atom is 0.325 e. The van der Waals surface area contributed by atoms with Gasteiger partial charge >= 0.3 is 11.9 Å². The van der Waals surface area contributed by atoms with Crippen LogP contribution in [0.15, 0.2) is 36.7 Å². The zero-order valence-electron chi connectivity index (χ0n) is 42.8. The van der Waals surface area contributed by atoms with E-state index in [-0.39, 0.29) is 57.3 Å². The number of aromatic hydroxyl groups is 1. The van der Waals surface area contributed by atoms with E-state index in [2.05, 4.69) is 54.1 Å². The molecule has 1 aromatic carbocycles. The monoisotopic (exact) mass is 1020 g/mol. The normalized spacial score (nSPS) is 24.9. The number of hydrazine groups is 2. The SMILES string of the molecule is CCn1c2c3c(c1-c1cnccc1COC)CC(C)(C)COC(=O)[C@@H]1CCCN(N1)C(=O)[C@@H](NC(=O)[C@H](C(C)C)N(C)[N+](=O)[C@H]1CCN(S(=O)(=O)N4C[C@@H]4C(=O)OC)C1)Cc1cc(O)cc(c1)C(=C3)C(C)C2. The predicted octanol–water partition coefficient (Wildman–Crippen LogP) is 3.63. The number of esters is 2. The molecule has 8 rings (SSSR count). The van der Waals surface area contributed by atoms with Crippen LogP contribution in [0.25, 0.3) is 22.9 Å². The average molecular weight is 1020 g/mol. The third-order valence-electron chi connectivity index (χ3n) is 14.7. The van der Waals surface area contributed by atoms with Crippen LogP contribution in [0.2, 0.25) is 0 Å². The second-order valence-electron chi connectivity index (χ2n) is 21.0. The minimum Gasteiger partial charge on any atom is -0.508 e. The first-order valence-electron chi connectivity index (χ1n) is 25.0. The molecule has 0 spiro atoms. The number of benzene rings is 1. The molecule has 2 unspecified atom stereocenters. The summed E-state index contributed by atoms with van der Waals surface area (Å²) in [4.78, 5) is 74.8. The molecule has 5 aliphatic rings. The summed E-state index contributed by atoms with van der Waals surface area (Å²) in [6.45, 7) is 13.2. The number of amides is 2. The van der Waals surface area contributed by atoms with Gasteiger partial charge < -0.3 is 29.2 Å². The first-order valence-corrected chi connectivity index (χ1v) is 26.4. The molecule has 3 fully saturated rings. The smallest absolute Gasteiger partial charge is 0.325 e. The Balaban J connectivity index is 1.14. The minimum absolute atomic E-state index is 0.000935. The number of carbonyl (C=O) groups is 4. The molecule has 390 valence electrons. The Morgan fingerprint density at radius 3 is 2.58 bits per heavy atom. The van der Waals surface area contributed by atoms with Crippen molar-refractivity contribution in [3.05, 3.63) is 75.1 Å². The molecule has 2 aromatic heterocycles. The van der Waals surface area contributed by atoms with Crippen LogP contribution in [-0.4, -0.2) is 155 Å². The maximum absolute atomic E-state index is 14.8. The summed E-state index contributed by atoms with van der Waals surface area (Å²) in [7, 11) is 0.279. The van der Waals surface area contributed by atoms with Gasteiger partial charge in [0.1, 0.15) is 28.7 Å². The van der Waals surface area contributed by atoms with Gasteiger partial charge in [0, 0.05) is 75.2 Å². The fraction of sp³-hybridized carbons (Fsp3) is 0.588. The molecule has 6 bridgehead atoms. The number of carbonyl (C=O) groups excluding carboxylic acids is 4. The lowest BCUT2D eigenvalue weighted by Gasteiger charge is -2.36. The summed E-state index contributed by atoms with van der Waals surface area (Å²) in [6.07, 6.45) is 8.08. The Hall–Kier alpha value is -5.74. The van der Waals surface area contributed by atoms with Crippen molar-refractivity contribution in [1.82, 2.24) is 38.9 Å². The number of fused-ring (bicyclic) bond motifs is 5. The van der Waals surface area contributed by atoms with E-state index in [9.17, 15) is 37.6 Å². The number of hydrogen-bond donors (Lipinski definition) is 3. The van der Waals surface area contributed by atoms with Crippen molar-refractivity contribution in [2.24, 2.45) is 17.3 Å². The van der Waals surface area contributed by atoms with Gasteiger partial charge in [-0.3, -0.25) is 29.2 Å². The molecule has 2 amide bonds. The number of nitrogens with one attached hydrogen (secondary N) is 2. The van der Waals surface area contributed by atoms with Crippen molar-refractivity contribution in [2.75, 3.05) is 54.1 Å². The molecule has 20 nitrogen and oxygen atoms in total. The van der Waals surface area contributed by atoms with Crippen LogP contribution < -0.4 is 10.7 Å². The van der Waals surface area contributed by atoms with Gasteiger partial charge in [-0.2, -0.15) is 17.0 Å². The van der Waals surface area contributed by atoms with Crippen LogP contribution in [-0.2, 0) is 76.0 Å². The Morgan fingerprint density at radius 1 is 1.11 bits per heavy atom. The van der Waals surface area contributed by atoms with Gasteiger partial charge in [0.05, 0.1) is 44.5 Å². The van der Waals surface area contributed by atoms with Crippen molar-refractivity contribution in [3.63, 3.8) is 0 Å². The minimum atomic E-state index is -4.05. The van der Waals surface area contributed by atoms with Crippen LogP contribution in [0.4, 0.5) is 0 Å². The molecular formula is C51H70N9O11S+. The van der Waals surface area contributed by atoms with Crippen LogP contribution in [0.5, 0.6) is 5.75 Å². The van der Waals surface area contributed by atoms with Crippen LogP contribution in [0.1, 0.15) is 94.3 Å². The summed E-state index contributed by atoms with van der Waals surface area (Å²) in [5.41, 5.74) is 11.1. The second kappa shape index (κ2) is 21.0. The van der Waals surface area contributed by atoms with E-state index in [1.165, 1.54) is 24.2 Å². The highest BCUT2D eigenvalue weighted by Gasteiger charge is 2.55. The number of ether oxygens (including phenoxy) is 3. The van der Waals surface area contributed by atoms with E-state index >= 15 is 0 Å². The Morgan fingerprint density at radius 2 is 1.88 bits per heavy atom. The van der Waals surface area contributed by atoms with Gasteiger partial charge in [-0.25, -0.2) is 5.43 Å². The lowest BCUT2D eigenvalue weighted by Crippen LogP contribution is -2.62. The highest BCUT2D eigenvalue weighted by Crippen LogP contribution is 2.45. The van der Waals surface area contributed by atoms with E-state index < -0.39 is 75.5 Å². The van der Waals surface area contributed by atoms with E-state index in [1.807, 2.05) is 18.3 Å². The molecule has 3 saturated heterocycles. The van der Waals surface area contributed by atoms with Crippen molar-refractivity contribution >= 4 is 45.6 Å². The Kier molecular flexibility index (Phi) is 15.3. The number of pyridine rings is 1. The predicted molar refractivity (Wildman–Crippen MR) is 266 cm³/mol. The Bertz CT molecular complexity index is 2760. The van der Waals surface area contributed by atoms with E-state index in [0.717, 1.165) is 53.4 Å². The Labute approximate surface area is 421 Å². The summed E-state index contributed by atoms with van der Waals surface area (Å²) in [5, 5.41) is 17.0. The van der Waals surface area contributed by atoms with Crippen molar-refractivity contribution in [1.29, 1.82) is 0 Å². The number of likely N-dealkylation sites (N-methyl/N-ethyl adjacent to an activating group) is 1. The molecule has 4 aliphatic heterocycles. The molecule has 0 radical (unpaired) electrons. The fourth-order valence-electron chi connectivity index (χ4n) is 11.0. The zero-order chi connectivity index (χ0) is 52.0. The van der Waals surface area contributed by atoms with E-state index in [4.69, 9.17) is 14.2 Å². The molecule has 21 heteroatoms. The average Bonchev–Trinajstić information content (AvgIpc) is 3.92. The summed E-state index contributed by atoms with van der Waals surface area (Å²) >= 11 is 0. The standard InChI is InChI=1S/C51H69N9O11S/c1-10-57-43-18-31(4)37-23-38(43)39(46(57)40-25-52-15-13-33(40)28-69-8)24-51(5,6)29-71-49(64)41-12-11-16-58(54-41)48(63)42(21-32-19-34(37)22-36(61)20-32)53-47(62)45(30(2)3)55(7)60(66)35-14-17-56(26-35)72(67,68)59-27-44(59)50(65)70-9/h13,15,19-20,22-23,25,30-31,35,41-42,44-45,54H,10-12,14,16-18,21,24,26-29H2,1-9H3,(H-,53,61,62)/p+1/t31?,35-,41-,42-,44+,45-,59?/m0/s1. The van der Waals surface area contributed by atoms with Crippen molar-refractivity contribution in [2.45, 2.75) is 123 Å². The number of rotatable bonds is 13. The highest BCUT2D eigenvalue weighted by atomic mass is 32.2. The van der Waals surface area contributed by atoms with Gasteiger partial charge in [0.25, 0.3) is 16.1 Å². The fourth-order valence-corrected chi connectivity index (χ4v) is 12.8. The lowest BCUT2D eigenvalue weighted by atomic mass is 9.79. The van der Waals surface area contributed by atoms with E-state index in [1.54, 1.807) is 39.3 Å². The van der Waals surface area contributed by atoms with Crippen molar-refractivity contribution in [3.8, 4) is 17.0 Å². The van der Waals surface area contributed by atoms with Gasteiger partial charge in [0.15, 0.2) is 6.04 Å². The number of aromatic nitrogens is 2. The topological polar surface area (TPSA) is 225 Å². The number of hydrogen-bond acceptors (Lipinski definition) is 13. The van der Waals surface area contributed by atoms with E-state index in [0.29, 0.717) is 49.3 Å². The number of phenols is 1. The number of methoxy groups -OCH3 is 2. The first-order chi connectivity index (χ1) is 34.2. The van der Waals surface area contributed by atoms with Gasteiger partial charge in [-0.05, 0) is 102 Å². The van der Waals surface area contributed by atoms with Gasteiger partial charge in [-0.1, -0.05) is 40.7 Å². The van der Waals surface area contributed by atoms with Crippen LogP contribution in [0.3, 0.4) is 0 Å². The molecule has 3 aromatic rings. The second-order valence-corrected chi connectivity index (χ2v) is 22.9. The number of cyclic esters (lactones) is 1. The quantitative estimate of drug-likeness (QED) is 0.0963. The molecule has 7 atom stereocenters. The third kappa shape index (κ3) is 10.5. The van der Waals surface area contributed by atoms with Crippen molar-refractivity contribution < 1.29 is 51.8 Å². The highest BCUT2D eigenvalue weighted by molar-refractivity contribution is 7.87. The molecule has 6 heterocycles.